The normalized spacial score (nSPS) is 11.6. The highest BCUT2D eigenvalue weighted by molar-refractivity contribution is 5.55. The van der Waals surface area contributed by atoms with Gasteiger partial charge in [-0.3, -0.25) is 0 Å². The molecule has 5 heteroatoms. The van der Waals surface area contributed by atoms with Crippen molar-refractivity contribution in [3.8, 4) is 5.75 Å². The molecule has 1 heterocycles. The average Bonchev–Trinajstić information content (AvgIpc) is 2.68. The first-order chi connectivity index (χ1) is 12.7. The first-order valence-electron chi connectivity index (χ1n) is 8.86. The van der Waals surface area contributed by atoms with Crippen LogP contribution in [0.1, 0.15) is 25.8 Å². The largest absolute Gasteiger partial charge is 0.489 e. The first kappa shape index (κ1) is 17.7. The van der Waals surface area contributed by atoms with Crippen LogP contribution in [0.3, 0.4) is 0 Å². The van der Waals surface area contributed by atoms with E-state index in [2.05, 4.69) is 34.4 Å². The van der Waals surface area contributed by atoms with Crippen LogP contribution in [0.2, 0.25) is 0 Å². The molecule has 0 aliphatic rings. The van der Waals surface area contributed by atoms with Crippen LogP contribution in [-0.2, 0) is 6.61 Å². The first-order valence-corrected chi connectivity index (χ1v) is 8.86. The Hall–Kier alpha value is -3.08. The molecule has 0 fully saturated rings. The van der Waals surface area contributed by atoms with Gasteiger partial charge in [0, 0.05) is 17.9 Å². The predicted octanol–water partition coefficient (Wildman–Crippen LogP) is 5.01. The third-order valence-corrected chi connectivity index (χ3v) is 4.02. The van der Waals surface area contributed by atoms with Crippen LogP contribution in [0.25, 0.3) is 0 Å². The van der Waals surface area contributed by atoms with E-state index in [0.717, 1.165) is 29.2 Å². The molecule has 0 spiro atoms. The third-order valence-electron chi connectivity index (χ3n) is 4.02. The van der Waals surface area contributed by atoms with Gasteiger partial charge in [0.25, 0.3) is 0 Å². The highest BCUT2D eigenvalue weighted by atomic mass is 16.5. The standard InChI is InChI=1S/C21H24N4O/c1-3-16(2)23-20-13-14-22-21(25-20)24-18-9-11-19(12-10-18)26-15-17-7-5-4-6-8-17/h4-14,16H,3,15H2,1-2H3,(H2,22,23,24,25). The minimum absolute atomic E-state index is 0.374. The highest BCUT2D eigenvalue weighted by Crippen LogP contribution is 2.20. The second kappa shape index (κ2) is 8.85. The summed E-state index contributed by atoms with van der Waals surface area (Å²) in [6, 6.07) is 20.2. The minimum Gasteiger partial charge on any atom is -0.489 e. The van der Waals surface area contributed by atoms with Crippen molar-refractivity contribution in [1.82, 2.24) is 9.97 Å². The van der Waals surface area contributed by atoms with Crippen LogP contribution in [-0.4, -0.2) is 16.0 Å². The van der Waals surface area contributed by atoms with E-state index in [9.17, 15) is 0 Å². The van der Waals surface area contributed by atoms with Crippen LogP contribution in [0.15, 0.2) is 66.9 Å². The smallest absolute Gasteiger partial charge is 0.229 e. The Kier molecular flexibility index (Phi) is 6.04. The molecule has 2 aromatic carbocycles. The second-order valence-electron chi connectivity index (χ2n) is 6.14. The molecule has 1 aromatic heterocycles. The van der Waals surface area contributed by atoms with Crippen LogP contribution in [0, 0.1) is 0 Å². The van der Waals surface area contributed by atoms with Gasteiger partial charge in [0.05, 0.1) is 0 Å². The lowest BCUT2D eigenvalue weighted by molar-refractivity contribution is 0.306. The Morgan fingerprint density at radius 2 is 1.77 bits per heavy atom. The van der Waals surface area contributed by atoms with Gasteiger partial charge < -0.3 is 15.4 Å². The molecule has 2 N–H and O–H groups in total. The van der Waals surface area contributed by atoms with Gasteiger partial charge in [0.15, 0.2) is 0 Å². The topological polar surface area (TPSA) is 59.1 Å². The molecule has 5 nitrogen and oxygen atoms in total. The predicted molar refractivity (Wildman–Crippen MR) is 106 cm³/mol. The van der Waals surface area contributed by atoms with Crippen molar-refractivity contribution in [1.29, 1.82) is 0 Å². The maximum absolute atomic E-state index is 5.80. The van der Waals surface area contributed by atoms with E-state index in [0.29, 0.717) is 18.6 Å². The van der Waals surface area contributed by atoms with E-state index in [1.165, 1.54) is 0 Å². The Labute approximate surface area is 154 Å². The number of nitrogens with one attached hydrogen (secondary N) is 2. The Morgan fingerprint density at radius 1 is 1.00 bits per heavy atom. The molecule has 0 radical (unpaired) electrons. The van der Waals surface area contributed by atoms with Gasteiger partial charge in [-0.2, -0.15) is 4.98 Å². The molecule has 3 aromatic rings. The van der Waals surface area contributed by atoms with E-state index in [-0.39, 0.29) is 0 Å². The van der Waals surface area contributed by atoms with Gasteiger partial charge in [-0.1, -0.05) is 37.3 Å². The lowest BCUT2D eigenvalue weighted by Gasteiger charge is -2.13. The maximum Gasteiger partial charge on any atom is 0.229 e. The van der Waals surface area contributed by atoms with Crippen molar-refractivity contribution in [2.45, 2.75) is 32.9 Å². The van der Waals surface area contributed by atoms with E-state index < -0.39 is 0 Å². The van der Waals surface area contributed by atoms with Crippen molar-refractivity contribution in [3.05, 3.63) is 72.4 Å². The lowest BCUT2D eigenvalue weighted by Crippen LogP contribution is -2.14. The third kappa shape index (κ3) is 5.21. The number of ether oxygens (including phenoxy) is 1. The number of nitrogens with zero attached hydrogens (tertiary/aromatic N) is 2. The summed E-state index contributed by atoms with van der Waals surface area (Å²) in [6.45, 7) is 4.82. The quantitative estimate of drug-likeness (QED) is 0.599. The van der Waals surface area contributed by atoms with E-state index in [4.69, 9.17) is 4.74 Å². The molecule has 1 unspecified atom stereocenters. The van der Waals surface area contributed by atoms with Crippen LogP contribution < -0.4 is 15.4 Å². The Morgan fingerprint density at radius 3 is 2.50 bits per heavy atom. The van der Waals surface area contributed by atoms with Gasteiger partial charge in [-0.05, 0) is 49.2 Å². The van der Waals surface area contributed by atoms with Gasteiger partial charge >= 0.3 is 0 Å². The van der Waals surface area contributed by atoms with Gasteiger partial charge in [0.1, 0.15) is 18.2 Å². The number of benzene rings is 2. The number of hydrogen-bond donors (Lipinski definition) is 2. The molecular weight excluding hydrogens is 324 g/mol. The zero-order chi connectivity index (χ0) is 18.2. The fraction of sp³-hybridized carbons (Fsp3) is 0.238. The van der Waals surface area contributed by atoms with E-state index in [1.807, 2.05) is 60.7 Å². The summed E-state index contributed by atoms with van der Waals surface area (Å²) in [4.78, 5) is 8.76. The van der Waals surface area contributed by atoms with Crippen LogP contribution in [0.4, 0.5) is 17.5 Å². The average molecular weight is 348 g/mol. The van der Waals surface area contributed by atoms with E-state index >= 15 is 0 Å². The molecule has 0 aliphatic heterocycles. The summed E-state index contributed by atoms with van der Waals surface area (Å²) in [5.41, 5.74) is 2.06. The molecular formula is C21H24N4O. The highest BCUT2D eigenvalue weighted by Gasteiger charge is 2.03. The SMILES string of the molecule is CCC(C)Nc1ccnc(Nc2ccc(OCc3ccccc3)cc2)n1. The summed E-state index contributed by atoms with van der Waals surface area (Å²) in [5, 5.41) is 6.57. The Balaban J connectivity index is 1.58. The molecule has 26 heavy (non-hydrogen) atoms. The monoisotopic (exact) mass is 348 g/mol. The molecule has 134 valence electrons. The van der Waals surface area contributed by atoms with Gasteiger partial charge in [0.2, 0.25) is 5.95 Å². The molecule has 0 aliphatic carbocycles. The van der Waals surface area contributed by atoms with Gasteiger partial charge in [-0.15, -0.1) is 0 Å². The Bertz CT molecular complexity index is 806. The molecule has 0 bridgehead atoms. The van der Waals surface area contributed by atoms with Crippen molar-refractivity contribution in [2.24, 2.45) is 0 Å². The zero-order valence-corrected chi connectivity index (χ0v) is 15.1. The van der Waals surface area contributed by atoms with Crippen molar-refractivity contribution in [2.75, 3.05) is 10.6 Å². The maximum atomic E-state index is 5.80. The van der Waals surface area contributed by atoms with Crippen molar-refractivity contribution >= 4 is 17.5 Å². The summed E-state index contributed by atoms with van der Waals surface area (Å²) >= 11 is 0. The molecule has 0 amide bonds. The number of anilines is 3. The summed E-state index contributed by atoms with van der Waals surface area (Å²) in [5.74, 6) is 2.21. The second-order valence-corrected chi connectivity index (χ2v) is 6.14. The summed E-state index contributed by atoms with van der Waals surface area (Å²) in [6.07, 6.45) is 2.79. The fourth-order valence-electron chi connectivity index (χ4n) is 2.36. The van der Waals surface area contributed by atoms with Crippen molar-refractivity contribution in [3.63, 3.8) is 0 Å². The molecule has 0 saturated heterocycles. The lowest BCUT2D eigenvalue weighted by atomic mass is 10.2. The van der Waals surface area contributed by atoms with E-state index in [1.54, 1.807) is 6.20 Å². The number of hydrogen-bond acceptors (Lipinski definition) is 5. The fourth-order valence-corrected chi connectivity index (χ4v) is 2.36. The summed E-state index contributed by atoms with van der Waals surface area (Å²) < 4.78 is 5.80. The van der Waals surface area contributed by atoms with Crippen molar-refractivity contribution < 1.29 is 4.74 Å². The van der Waals surface area contributed by atoms with Crippen LogP contribution >= 0.6 is 0 Å². The minimum atomic E-state index is 0.374. The number of rotatable bonds is 8. The molecule has 0 saturated carbocycles. The van der Waals surface area contributed by atoms with Crippen LogP contribution in [0.5, 0.6) is 5.75 Å². The van der Waals surface area contributed by atoms with Gasteiger partial charge in [-0.25, -0.2) is 4.98 Å². The zero-order valence-electron chi connectivity index (χ0n) is 15.1. The molecule has 1 atom stereocenters. The number of aromatic nitrogens is 2. The molecule has 3 rings (SSSR count). The summed E-state index contributed by atoms with van der Waals surface area (Å²) in [7, 11) is 0.